The molecule has 14 heavy (non-hydrogen) atoms. The Balaban J connectivity index is 3.07. The lowest BCUT2D eigenvalue weighted by molar-refractivity contribution is 0.275. The van der Waals surface area contributed by atoms with E-state index >= 15 is 0 Å². The lowest BCUT2D eigenvalue weighted by atomic mass is 10.0. The Morgan fingerprint density at radius 2 is 2.21 bits per heavy atom. The maximum Gasteiger partial charge on any atom is 0.142 e. The van der Waals surface area contributed by atoms with Crippen molar-refractivity contribution in [1.82, 2.24) is 0 Å². The molecule has 0 heterocycles. The van der Waals surface area contributed by atoms with E-state index in [4.69, 9.17) is 10.8 Å². The molecule has 2 nitrogen and oxygen atoms in total. The third-order valence-electron chi connectivity index (χ3n) is 2.04. The van der Waals surface area contributed by atoms with Crippen LogP contribution in [0.1, 0.15) is 23.6 Å². The van der Waals surface area contributed by atoms with Crippen molar-refractivity contribution in [3.05, 3.63) is 33.5 Å². The van der Waals surface area contributed by atoms with E-state index in [9.17, 15) is 4.39 Å². The van der Waals surface area contributed by atoms with Crippen LogP contribution in [-0.4, -0.2) is 11.7 Å². The fourth-order valence-corrected chi connectivity index (χ4v) is 1.91. The van der Waals surface area contributed by atoms with Gasteiger partial charge in [0.1, 0.15) is 5.82 Å². The van der Waals surface area contributed by atoms with E-state index in [0.717, 1.165) is 5.56 Å². The Morgan fingerprint density at radius 1 is 1.57 bits per heavy atom. The summed E-state index contributed by atoms with van der Waals surface area (Å²) in [4.78, 5) is 0. The molecule has 0 bridgehead atoms. The van der Waals surface area contributed by atoms with E-state index in [1.807, 2.05) is 6.92 Å². The summed E-state index contributed by atoms with van der Waals surface area (Å²) in [5.41, 5.74) is 7.12. The van der Waals surface area contributed by atoms with Crippen molar-refractivity contribution in [1.29, 1.82) is 0 Å². The minimum Gasteiger partial charge on any atom is -0.396 e. The van der Waals surface area contributed by atoms with Crippen molar-refractivity contribution < 1.29 is 9.50 Å². The molecule has 3 N–H and O–H groups in total. The number of halogens is 2. The molecule has 0 amide bonds. The van der Waals surface area contributed by atoms with E-state index in [0.29, 0.717) is 16.5 Å². The van der Waals surface area contributed by atoms with Gasteiger partial charge in [-0.25, -0.2) is 4.39 Å². The average Bonchev–Trinajstić information content (AvgIpc) is 2.11. The van der Waals surface area contributed by atoms with Crippen LogP contribution in [0.3, 0.4) is 0 Å². The minimum absolute atomic E-state index is 0.0355. The second kappa shape index (κ2) is 4.87. The van der Waals surface area contributed by atoms with E-state index in [-0.39, 0.29) is 12.4 Å². The third-order valence-corrected chi connectivity index (χ3v) is 2.62. The predicted molar refractivity (Wildman–Crippen MR) is 57.5 cm³/mol. The number of benzene rings is 1. The molecule has 1 rings (SSSR count). The Hall–Kier alpha value is -0.450. The zero-order valence-electron chi connectivity index (χ0n) is 7.93. The normalized spacial score (nSPS) is 12.9. The van der Waals surface area contributed by atoms with Gasteiger partial charge in [0.05, 0.1) is 4.47 Å². The standard InChI is InChI=1S/C10H13BrFNO/c1-6-4-7(9(13)2-3-14)10(12)8(11)5-6/h4-5,9,14H,2-3,13H2,1H3. The monoisotopic (exact) mass is 261 g/mol. The number of aliphatic hydroxyl groups excluding tert-OH is 1. The van der Waals surface area contributed by atoms with Crippen molar-refractivity contribution >= 4 is 15.9 Å². The van der Waals surface area contributed by atoms with Gasteiger partial charge in [-0.15, -0.1) is 0 Å². The lowest BCUT2D eigenvalue weighted by Gasteiger charge is -2.13. The van der Waals surface area contributed by atoms with Gasteiger partial charge >= 0.3 is 0 Å². The molecule has 0 radical (unpaired) electrons. The fraction of sp³-hybridized carbons (Fsp3) is 0.400. The average molecular weight is 262 g/mol. The van der Waals surface area contributed by atoms with Crippen LogP contribution < -0.4 is 5.73 Å². The summed E-state index contributed by atoms with van der Waals surface area (Å²) in [6.07, 6.45) is 0.368. The van der Waals surface area contributed by atoms with E-state index in [1.165, 1.54) is 0 Å². The molecule has 1 atom stereocenters. The van der Waals surface area contributed by atoms with Gasteiger partial charge in [-0.2, -0.15) is 0 Å². The minimum atomic E-state index is -0.448. The summed E-state index contributed by atoms with van der Waals surface area (Å²) >= 11 is 3.12. The zero-order chi connectivity index (χ0) is 10.7. The quantitative estimate of drug-likeness (QED) is 0.877. The van der Waals surface area contributed by atoms with Crippen LogP contribution in [0.2, 0.25) is 0 Å². The van der Waals surface area contributed by atoms with Crippen LogP contribution in [0, 0.1) is 12.7 Å². The maximum atomic E-state index is 13.5. The van der Waals surface area contributed by atoms with Crippen LogP contribution in [0.15, 0.2) is 16.6 Å². The number of aryl methyl sites for hydroxylation is 1. The van der Waals surface area contributed by atoms with Crippen molar-refractivity contribution in [2.75, 3.05) is 6.61 Å². The van der Waals surface area contributed by atoms with Crippen molar-refractivity contribution in [2.24, 2.45) is 5.73 Å². The van der Waals surface area contributed by atoms with Crippen molar-refractivity contribution in [3.63, 3.8) is 0 Å². The topological polar surface area (TPSA) is 46.2 Å². The second-order valence-corrected chi connectivity index (χ2v) is 4.12. The van der Waals surface area contributed by atoms with Gasteiger partial charge in [0.2, 0.25) is 0 Å². The highest BCUT2D eigenvalue weighted by atomic mass is 79.9. The molecule has 1 unspecified atom stereocenters. The Morgan fingerprint density at radius 3 is 2.79 bits per heavy atom. The van der Waals surface area contributed by atoms with Crippen LogP contribution in [-0.2, 0) is 0 Å². The van der Waals surface area contributed by atoms with Crippen LogP contribution >= 0.6 is 15.9 Å². The molecule has 0 spiro atoms. The van der Waals surface area contributed by atoms with Crippen LogP contribution in [0.5, 0.6) is 0 Å². The fourth-order valence-electron chi connectivity index (χ4n) is 1.32. The number of aliphatic hydroxyl groups is 1. The smallest absolute Gasteiger partial charge is 0.142 e. The summed E-state index contributed by atoms with van der Waals surface area (Å²) in [6, 6.07) is 2.96. The molecule has 4 heteroatoms. The summed E-state index contributed by atoms with van der Waals surface area (Å²) in [7, 11) is 0. The first-order valence-corrected chi connectivity index (χ1v) is 5.17. The molecular weight excluding hydrogens is 249 g/mol. The number of hydrogen-bond donors (Lipinski definition) is 2. The molecule has 0 saturated carbocycles. The Kier molecular flexibility index (Phi) is 4.04. The summed E-state index contributed by atoms with van der Waals surface area (Å²) in [5, 5.41) is 8.71. The number of hydrogen-bond acceptors (Lipinski definition) is 2. The molecule has 1 aromatic rings. The molecular formula is C10H13BrFNO. The SMILES string of the molecule is Cc1cc(Br)c(F)c(C(N)CCO)c1. The summed E-state index contributed by atoms with van der Waals surface area (Å²) in [6.45, 7) is 1.84. The van der Waals surface area contributed by atoms with E-state index in [2.05, 4.69) is 15.9 Å². The first-order chi connectivity index (χ1) is 6.56. The lowest BCUT2D eigenvalue weighted by Crippen LogP contribution is -2.14. The molecule has 0 aromatic heterocycles. The highest BCUT2D eigenvalue weighted by Crippen LogP contribution is 2.25. The van der Waals surface area contributed by atoms with E-state index in [1.54, 1.807) is 12.1 Å². The number of rotatable bonds is 3. The van der Waals surface area contributed by atoms with Gasteiger partial charge in [-0.3, -0.25) is 0 Å². The second-order valence-electron chi connectivity index (χ2n) is 3.27. The molecule has 0 aliphatic rings. The van der Waals surface area contributed by atoms with Gasteiger partial charge in [0.15, 0.2) is 0 Å². The maximum absolute atomic E-state index is 13.5. The zero-order valence-corrected chi connectivity index (χ0v) is 9.51. The molecule has 78 valence electrons. The highest BCUT2D eigenvalue weighted by Gasteiger charge is 2.13. The molecule has 1 aromatic carbocycles. The molecule has 0 saturated heterocycles. The molecule has 0 fully saturated rings. The highest BCUT2D eigenvalue weighted by molar-refractivity contribution is 9.10. The Bertz CT molecular complexity index is 330. The predicted octanol–water partition coefficient (Wildman–Crippen LogP) is 2.28. The summed E-state index contributed by atoms with van der Waals surface area (Å²) < 4.78 is 14.0. The summed E-state index contributed by atoms with van der Waals surface area (Å²) in [5.74, 6) is -0.337. The largest absolute Gasteiger partial charge is 0.396 e. The number of nitrogens with two attached hydrogens (primary N) is 1. The van der Waals surface area contributed by atoms with E-state index < -0.39 is 6.04 Å². The Labute approximate surface area is 91.1 Å². The first kappa shape index (κ1) is 11.6. The molecule has 0 aliphatic carbocycles. The van der Waals surface area contributed by atoms with Crippen molar-refractivity contribution in [2.45, 2.75) is 19.4 Å². The van der Waals surface area contributed by atoms with Crippen LogP contribution in [0.25, 0.3) is 0 Å². The molecule has 0 aliphatic heterocycles. The van der Waals surface area contributed by atoms with Crippen LogP contribution in [0.4, 0.5) is 4.39 Å². The van der Waals surface area contributed by atoms with Gasteiger partial charge in [0.25, 0.3) is 0 Å². The van der Waals surface area contributed by atoms with Gasteiger partial charge < -0.3 is 10.8 Å². The third kappa shape index (κ3) is 2.53. The van der Waals surface area contributed by atoms with Gasteiger partial charge in [-0.1, -0.05) is 6.07 Å². The van der Waals surface area contributed by atoms with Gasteiger partial charge in [0, 0.05) is 18.2 Å². The van der Waals surface area contributed by atoms with Gasteiger partial charge in [-0.05, 0) is 40.9 Å². The van der Waals surface area contributed by atoms with Crippen molar-refractivity contribution in [3.8, 4) is 0 Å². The first-order valence-electron chi connectivity index (χ1n) is 4.38.